The highest BCUT2D eigenvalue weighted by molar-refractivity contribution is 8.00. The first-order chi connectivity index (χ1) is 15.4. The molecular formula is C23H32N4O3S2. The number of aryl methyl sites for hydroxylation is 2. The van der Waals surface area contributed by atoms with Crippen LogP contribution >= 0.6 is 23.1 Å². The quantitative estimate of drug-likeness (QED) is 0.358. The van der Waals surface area contributed by atoms with E-state index in [2.05, 4.69) is 6.92 Å². The number of aromatic nitrogens is 2. The molecule has 1 atom stereocenters. The number of nitrogens with two attached hydrogens (primary N) is 1. The van der Waals surface area contributed by atoms with Crippen LogP contribution in [0.25, 0.3) is 10.2 Å². The zero-order valence-corrected chi connectivity index (χ0v) is 20.5. The minimum Gasteiger partial charge on any atom is -0.369 e. The van der Waals surface area contributed by atoms with Crippen LogP contribution in [0, 0.1) is 5.92 Å². The zero-order valence-electron chi connectivity index (χ0n) is 18.9. The molecule has 0 radical (unpaired) electrons. The van der Waals surface area contributed by atoms with E-state index in [9.17, 15) is 14.4 Å². The summed E-state index contributed by atoms with van der Waals surface area (Å²) < 4.78 is 1.80. The average molecular weight is 477 g/mol. The van der Waals surface area contributed by atoms with E-state index in [1.165, 1.54) is 22.2 Å². The van der Waals surface area contributed by atoms with Gasteiger partial charge in [0.2, 0.25) is 11.8 Å². The van der Waals surface area contributed by atoms with E-state index >= 15 is 0 Å². The number of likely N-dealkylation sites (tertiary alicyclic amines) is 1. The molecule has 2 aromatic rings. The van der Waals surface area contributed by atoms with Gasteiger partial charge in [-0.2, -0.15) is 0 Å². The monoisotopic (exact) mass is 476 g/mol. The average Bonchev–Trinajstić information content (AvgIpc) is 3.36. The van der Waals surface area contributed by atoms with Gasteiger partial charge in [0.1, 0.15) is 4.83 Å². The fraction of sp³-hybridized carbons (Fsp3) is 0.652. The van der Waals surface area contributed by atoms with Crippen LogP contribution in [0.3, 0.4) is 0 Å². The molecule has 2 amide bonds. The SMILES string of the molecule is CCCCCn1c(SC(C)C(=O)N2CCC(C(N)=O)CC2)nc2sc3c(c2c1=O)CCC3. The third kappa shape index (κ3) is 4.59. The van der Waals surface area contributed by atoms with E-state index in [0.717, 1.165) is 48.7 Å². The summed E-state index contributed by atoms with van der Waals surface area (Å²) in [6.07, 6.45) is 7.40. The van der Waals surface area contributed by atoms with Crippen LogP contribution in [0.2, 0.25) is 0 Å². The molecule has 0 bridgehead atoms. The molecule has 174 valence electrons. The lowest BCUT2D eigenvalue weighted by atomic mass is 9.96. The number of rotatable bonds is 8. The van der Waals surface area contributed by atoms with Gasteiger partial charge >= 0.3 is 0 Å². The number of carbonyl (C=O) groups excluding carboxylic acids is 2. The van der Waals surface area contributed by atoms with Gasteiger partial charge < -0.3 is 10.6 Å². The van der Waals surface area contributed by atoms with Crippen molar-refractivity contribution < 1.29 is 9.59 Å². The number of hydrogen-bond donors (Lipinski definition) is 1. The summed E-state index contributed by atoms with van der Waals surface area (Å²) in [6.45, 7) is 5.76. The van der Waals surface area contributed by atoms with Crippen molar-refractivity contribution in [3.8, 4) is 0 Å². The largest absolute Gasteiger partial charge is 0.369 e. The predicted molar refractivity (Wildman–Crippen MR) is 129 cm³/mol. The van der Waals surface area contributed by atoms with Gasteiger partial charge in [0.15, 0.2) is 5.16 Å². The van der Waals surface area contributed by atoms with Gasteiger partial charge in [-0.25, -0.2) is 4.98 Å². The summed E-state index contributed by atoms with van der Waals surface area (Å²) in [5.74, 6) is -0.396. The minimum absolute atomic E-state index is 0.0287. The maximum atomic E-state index is 13.5. The number of primary amides is 1. The van der Waals surface area contributed by atoms with Crippen molar-refractivity contribution in [3.63, 3.8) is 0 Å². The normalized spacial score (nSPS) is 17.6. The highest BCUT2D eigenvalue weighted by Gasteiger charge is 2.30. The second kappa shape index (κ2) is 9.95. The molecule has 32 heavy (non-hydrogen) atoms. The van der Waals surface area contributed by atoms with Crippen LogP contribution in [-0.2, 0) is 29.0 Å². The Morgan fingerprint density at radius 3 is 2.69 bits per heavy atom. The molecule has 7 nitrogen and oxygen atoms in total. The summed E-state index contributed by atoms with van der Waals surface area (Å²) in [5, 5.41) is 1.09. The maximum Gasteiger partial charge on any atom is 0.263 e. The highest BCUT2D eigenvalue weighted by Crippen LogP contribution is 2.36. The predicted octanol–water partition coefficient (Wildman–Crippen LogP) is 3.34. The van der Waals surface area contributed by atoms with Crippen molar-refractivity contribution in [3.05, 3.63) is 20.8 Å². The van der Waals surface area contributed by atoms with Gasteiger partial charge in [0, 0.05) is 30.4 Å². The minimum atomic E-state index is -0.353. The standard InChI is InChI=1S/C23H32N4O3S2/c1-3-4-5-11-27-22(30)18-16-7-6-8-17(16)32-20(18)25-23(27)31-14(2)21(29)26-12-9-15(10-13-26)19(24)28/h14-15H,3-13H2,1-2H3,(H2,24,28). The molecule has 0 saturated carbocycles. The first kappa shape index (κ1) is 23.3. The van der Waals surface area contributed by atoms with Crippen LogP contribution in [0.5, 0.6) is 0 Å². The second-order valence-electron chi connectivity index (χ2n) is 8.86. The fourth-order valence-electron chi connectivity index (χ4n) is 4.72. The van der Waals surface area contributed by atoms with Crippen LogP contribution in [0.1, 0.15) is 62.8 Å². The van der Waals surface area contributed by atoms with Crippen molar-refractivity contribution in [2.45, 2.75) is 82.2 Å². The van der Waals surface area contributed by atoms with Gasteiger partial charge in [-0.1, -0.05) is 31.5 Å². The molecule has 3 heterocycles. The Hall–Kier alpha value is -1.87. The first-order valence-electron chi connectivity index (χ1n) is 11.7. The molecule has 0 aromatic carbocycles. The number of unbranched alkanes of at least 4 members (excludes halogenated alkanes) is 2. The third-order valence-corrected chi connectivity index (χ3v) is 8.88. The van der Waals surface area contributed by atoms with Crippen molar-refractivity contribution in [2.24, 2.45) is 11.7 Å². The lowest BCUT2D eigenvalue weighted by Crippen LogP contribution is -2.44. The Kier molecular flexibility index (Phi) is 7.24. The Balaban J connectivity index is 1.57. The molecule has 2 N–H and O–H groups in total. The summed E-state index contributed by atoms with van der Waals surface area (Å²) >= 11 is 3.02. The molecule has 1 aliphatic carbocycles. The number of piperidine rings is 1. The summed E-state index contributed by atoms with van der Waals surface area (Å²) in [5.41, 5.74) is 6.67. The van der Waals surface area contributed by atoms with Crippen molar-refractivity contribution in [1.82, 2.24) is 14.5 Å². The van der Waals surface area contributed by atoms with E-state index in [1.54, 1.807) is 15.9 Å². The summed E-state index contributed by atoms with van der Waals surface area (Å²) in [7, 11) is 0. The Labute approximate surface area is 196 Å². The lowest BCUT2D eigenvalue weighted by Gasteiger charge is -2.32. The van der Waals surface area contributed by atoms with Gasteiger partial charge in [0.05, 0.1) is 10.6 Å². The molecule has 1 unspecified atom stereocenters. The van der Waals surface area contributed by atoms with Gasteiger partial charge in [-0.15, -0.1) is 11.3 Å². The van der Waals surface area contributed by atoms with Gasteiger partial charge in [-0.05, 0) is 51.0 Å². The van der Waals surface area contributed by atoms with Crippen LogP contribution < -0.4 is 11.3 Å². The summed E-state index contributed by atoms with van der Waals surface area (Å²) in [6, 6.07) is 0. The molecule has 4 rings (SSSR count). The fourth-order valence-corrected chi connectivity index (χ4v) is 7.04. The Morgan fingerprint density at radius 1 is 1.25 bits per heavy atom. The van der Waals surface area contributed by atoms with Crippen LogP contribution in [0.15, 0.2) is 9.95 Å². The van der Waals surface area contributed by atoms with Gasteiger partial charge in [-0.3, -0.25) is 19.0 Å². The lowest BCUT2D eigenvalue weighted by molar-refractivity contribution is -0.134. The van der Waals surface area contributed by atoms with E-state index in [1.807, 2.05) is 11.8 Å². The molecule has 2 aromatic heterocycles. The molecule has 9 heteroatoms. The Bertz CT molecular complexity index is 1070. The smallest absolute Gasteiger partial charge is 0.263 e. The highest BCUT2D eigenvalue weighted by atomic mass is 32.2. The van der Waals surface area contributed by atoms with Gasteiger partial charge in [0.25, 0.3) is 5.56 Å². The molecule has 1 fully saturated rings. The third-order valence-electron chi connectivity index (χ3n) is 6.61. The molecule has 1 aliphatic heterocycles. The summed E-state index contributed by atoms with van der Waals surface area (Å²) in [4.78, 5) is 46.8. The molecule has 2 aliphatic rings. The van der Waals surface area contributed by atoms with E-state index in [-0.39, 0.29) is 28.5 Å². The zero-order chi connectivity index (χ0) is 22.8. The number of carbonyl (C=O) groups is 2. The molecular weight excluding hydrogens is 444 g/mol. The molecule has 0 spiro atoms. The number of thioether (sulfide) groups is 1. The number of hydrogen-bond acceptors (Lipinski definition) is 6. The second-order valence-corrected chi connectivity index (χ2v) is 11.2. The van der Waals surface area contributed by atoms with Crippen LogP contribution in [-0.4, -0.2) is 44.6 Å². The first-order valence-corrected chi connectivity index (χ1v) is 13.4. The Morgan fingerprint density at radius 2 is 2.00 bits per heavy atom. The van der Waals surface area contributed by atoms with Crippen molar-refractivity contribution >= 4 is 45.1 Å². The van der Waals surface area contributed by atoms with Crippen LogP contribution in [0.4, 0.5) is 0 Å². The van der Waals surface area contributed by atoms with E-state index in [0.29, 0.717) is 37.6 Å². The van der Waals surface area contributed by atoms with E-state index in [4.69, 9.17) is 10.7 Å². The number of fused-ring (bicyclic) bond motifs is 3. The van der Waals surface area contributed by atoms with E-state index < -0.39 is 0 Å². The van der Waals surface area contributed by atoms with Crippen molar-refractivity contribution in [1.29, 1.82) is 0 Å². The topological polar surface area (TPSA) is 98.3 Å². The number of nitrogens with zero attached hydrogens (tertiary/aromatic N) is 3. The molecule has 1 saturated heterocycles. The number of amides is 2. The number of thiophene rings is 1. The van der Waals surface area contributed by atoms with Crippen molar-refractivity contribution in [2.75, 3.05) is 13.1 Å². The maximum absolute atomic E-state index is 13.5.